The fraction of sp³-hybridized carbons (Fsp3) is 0.316. The summed E-state index contributed by atoms with van der Waals surface area (Å²) in [6, 6.07) is 14.9. The first kappa shape index (κ1) is 24.7. The molecule has 0 amide bonds. The van der Waals surface area contributed by atoms with Crippen LogP contribution in [0.15, 0.2) is 42.5 Å². The first-order valence-corrected chi connectivity index (χ1v) is 8.16. The third kappa shape index (κ3) is 12.7. The molecule has 4 bridgehead atoms. The fourth-order valence-corrected chi connectivity index (χ4v) is 2.25. The van der Waals surface area contributed by atoms with E-state index in [4.69, 9.17) is 19.8 Å². The molecule has 0 saturated heterocycles. The third-order valence-corrected chi connectivity index (χ3v) is 3.13. The number of benzene rings is 1. The van der Waals surface area contributed by atoms with Crippen LogP contribution in [0.25, 0.3) is 0 Å². The Morgan fingerprint density at radius 3 is 1.59 bits per heavy atom. The van der Waals surface area contributed by atoms with Gasteiger partial charge < -0.3 is 30.4 Å². The first-order chi connectivity index (χ1) is 12.4. The summed E-state index contributed by atoms with van der Waals surface area (Å²) >= 11 is 0. The van der Waals surface area contributed by atoms with Crippen LogP contribution in [-0.4, -0.2) is 16.9 Å². The number of fused-ring (bicyclic) bond motifs is 4. The summed E-state index contributed by atoms with van der Waals surface area (Å²) < 4.78 is 0. The Kier molecular flexibility index (Phi) is 12.7. The largest absolute Gasteiger partial charge is 3.00 e. The zero-order valence-electron chi connectivity index (χ0n) is 15.3. The van der Waals surface area contributed by atoms with Crippen LogP contribution >= 0.6 is 0 Å². The molecular weight excluding hydrogens is 393 g/mol. The van der Waals surface area contributed by atoms with Gasteiger partial charge in [-0.1, -0.05) is 30.3 Å². The van der Waals surface area contributed by atoms with Gasteiger partial charge in [-0.2, -0.15) is 0 Å². The first-order valence-electron chi connectivity index (χ1n) is 8.16. The zero-order chi connectivity index (χ0) is 19.4. The van der Waals surface area contributed by atoms with E-state index in [0.29, 0.717) is 0 Å². The molecule has 1 aliphatic rings. The molecule has 8 heteroatoms. The van der Waals surface area contributed by atoms with E-state index in [9.17, 15) is 0 Å². The Labute approximate surface area is 169 Å². The predicted octanol–water partition coefficient (Wildman–Crippen LogP) is -0.515. The SMILES string of the molecule is CC(=O)[O-].CC(=O)[O-].[Co+3].c1cc2cc(c1)CNCc1cccc(n1)CNC2. The minimum Gasteiger partial charge on any atom is -0.550 e. The molecule has 0 unspecified atom stereocenters. The van der Waals surface area contributed by atoms with E-state index >= 15 is 0 Å². The van der Waals surface area contributed by atoms with Gasteiger partial charge in [0, 0.05) is 38.1 Å². The van der Waals surface area contributed by atoms with E-state index in [2.05, 4.69) is 58.1 Å². The Hall–Kier alpha value is -2.26. The van der Waals surface area contributed by atoms with Crippen LogP contribution in [0.5, 0.6) is 0 Å². The van der Waals surface area contributed by atoms with Crippen LogP contribution < -0.4 is 20.8 Å². The zero-order valence-corrected chi connectivity index (χ0v) is 16.3. The Morgan fingerprint density at radius 1 is 0.815 bits per heavy atom. The molecule has 1 aliphatic heterocycles. The van der Waals surface area contributed by atoms with Crippen LogP contribution in [0.3, 0.4) is 0 Å². The van der Waals surface area contributed by atoms with Crippen molar-refractivity contribution >= 4 is 11.9 Å². The molecule has 7 nitrogen and oxygen atoms in total. The molecule has 0 atom stereocenters. The van der Waals surface area contributed by atoms with Crippen molar-refractivity contribution in [2.24, 2.45) is 0 Å². The molecule has 1 aromatic heterocycles. The van der Waals surface area contributed by atoms with Gasteiger partial charge in [-0.25, -0.2) is 0 Å². The molecule has 27 heavy (non-hydrogen) atoms. The van der Waals surface area contributed by atoms with Crippen LogP contribution in [-0.2, 0) is 52.5 Å². The Bertz CT molecular complexity index is 618. The summed E-state index contributed by atoms with van der Waals surface area (Å²) in [6.07, 6.45) is 0. The van der Waals surface area contributed by atoms with Crippen molar-refractivity contribution in [3.8, 4) is 0 Å². The number of pyridine rings is 1. The van der Waals surface area contributed by atoms with Gasteiger partial charge in [-0.3, -0.25) is 4.98 Å². The molecule has 0 aliphatic carbocycles. The van der Waals surface area contributed by atoms with Crippen molar-refractivity contribution < 1.29 is 36.6 Å². The summed E-state index contributed by atoms with van der Waals surface area (Å²) in [4.78, 5) is 22.4. The number of nitrogens with zero attached hydrogens (tertiary/aromatic N) is 1. The molecule has 0 radical (unpaired) electrons. The van der Waals surface area contributed by atoms with Crippen LogP contribution in [0, 0.1) is 0 Å². The van der Waals surface area contributed by atoms with Gasteiger partial charge in [0.1, 0.15) is 0 Å². The molecule has 2 heterocycles. The minimum atomic E-state index is -1.08. The van der Waals surface area contributed by atoms with Crippen molar-refractivity contribution in [1.29, 1.82) is 0 Å². The number of hydrogen-bond donors (Lipinski definition) is 2. The van der Waals surface area contributed by atoms with Gasteiger partial charge >= 0.3 is 16.8 Å². The smallest absolute Gasteiger partial charge is 0.550 e. The standard InChI is InChI=1S/C15H17N3.2C2H4O2.Co/c1-3-12-7-13(4-1)9-17-11-15-6-2-5-14(18-15)10-16-8-12;2*1-2(3)4;/h1-7,16-17H,8-11H2;2*1H3,(H,3,4);/q;;;+3/p-2. The average Bonchev–Trinajstić information content (AvgIpc) is 2.54. The maximum Gasteiger partial charge on any atom is 3.00 e. The van der Waals surface area contributed by atoms with E-state index in [1.54, 1.807) is 0 Å². The van der Waals surface area contributed by atoms with E-state index < -0.39 is 11.9 Å². The topological polar surface area (TPSA) is 117 Å². The van der Waals surface area contributed by atoms with E-state index in [1.165, 1.54) is 11.1 Å². The van der Waals surface area contributed by atoms with Gasteiger partial charge in [0.2, 0.25) is 0 Å². The molecule has 2 aromatic rings. The number of aliphatic carboxylic acids is 2. The van der Waals surface area contributed by atoms with Crippen LogP contribution in [0.4, 0.5) is 0 Å². The number of nitrogens with one attached hydrogen (secondary N) is 2. The van der Waals surface area contributed by atoms with Crippen LogP contribution in [0.1, 0.15) is 36.4 Å². The number of hydrogen-bond acceptors (Lipinski definition) is 7. The van der Waals surface area contributed by atoms with Gasteiger partial charge in [0.25, 0.3) is 0 Å². The molecule has 0 saturated carbocycles. The predicted molar refractivity (Wildman–Crippen MR) is 93.1 cm³/mol. The number of carbonyl (C=O) groups excluding carboxylic acids is 2. The Balaban J connectivity index is 0.000000646. The Morgan fingerprint density at radius 2 is 1.19 bits per heavy atom. The van der Waals surface area contributed by atoms with Crippen LogP contribution in [0.2, 0.25) is 0 Å². The van der Waals surface area contributed by atoms with Crippen molar-refractivity contribution in [2.75, 3.05) is 0 Å². The summed E-state index contributed by atoms with van der Waals surface area (Å²) in [6.45, 7) is 5.36. The van der Waals surface area contributed by atoms with E-state index in [1.807, 2.05) is 0 Å². The van der Waals surface area contributed by atoms with Gasteiger partial charge in [0.15, 0.2) is 0 Å². The maximum absolute atomic E-state index is 8.89. The second-order valence-corrected chi connectivity index (χ2v) is 5.63. The number of carboxylic acids is 2. The normalized spacial score (nSPS) is 12.2. The second kappa shape index (κ2) is 13.9. The summed E-state index contributed by atoms with van der Waals surface area (Å²) in [5.74, 6) is -2.17. The van der Waals surface area contributed by atoms with Gasteiger partial charge in [-0.05, 0) is 37.1 Å². The average molecular weight is 416 g/mol. The molecule has 0 fully saturated rings. The number of carboxylic acid groups (broad SMARTS) is 2. The van der Waals surface area contributed by atoms with Crippen molar-refractivity contribution in [3.05, 3.63) is 65.0 Å². The van der Waals surface area contributed by atoms with Crippen molar-refractivity contribution in [1.82, 2.24) is 15.6 Å². The third-order valence-electron chi connectivity index (χ3n) is 3.13. The monoisotopic (exact) mass is 416 g/mol. The second-order valence-electron chi connectivity index (χ2n) is 5.63. The summed E-state index contributed by atoms with van der Waals surface area (Å²) in [5, 5.41) is 24.7. The number of aromatic nitrogens is 1. The van der Waals surface area contributed by atoms with Gasteiger partial charge in [0.05, 0.1) is 11.4 Å². The number of rotatable bonds is 0. The minimum absolute atomic E-state index is 0. The van der Waals surface area contributed by atoms with E-state index in [0.717, 1.165) is 51.4 Å². The molecule has 2 N–H and O–H groups in total. The molecular formula is C19H23CoN3O4+. The molecule has 3 rings (SSSR count). The number of carbonyl (C=O) groups is 2. The summed E-state index contributed by atoms with van der Waals surface area (Å²) in [5.41, 5.74) is 4.86. The van der Waals surface area contributed by atoms with Gasteiger partial charge in [-0.15, -0.1) is 0 Å². The summed E-state index contributed by atoms with van der Waals surface area (Å²) in [7, 11) is 0. The fourth-order valence-electron chi connectivity index (χ4n) is 2.25. The maximum atomic E-state index is 8.89. The molecule has 146 valence electrons. The molecule has 1 aromatic carbocycles. The molecule has 0 spiro atoms. The van der Waals surface area contributed by atoms with E-state index in [-0.39, 0.29) is 16.8 Å². The van der Waals surface area contributed by atoms with Crippen molar-refractivity contribution in [2.45, 2.75) is 40.0 Å². The quantitative estimate of drug-likeness (QED) is 0.594. The van der Waals surface area contributed by atoms with Crippen molar-refractivity contribution in [3.63, 3.8) is 0 Å².